The standard InChI is InChI=1S/C20H16N2O3/c1-22-16-8-6-13(18(25)11-23)10-15(16)21-20(22)19-14-5-3-2-4-12(14)7-9-17(19)24/h2-10,23-24H,11H2,1H3. The van der Waals surface area contributed by atoms with Gasteiger partial charge in [0.25, 0.3) is 0 Å². The average Bonchev–Trinajstić information content (AvgIpc) is 2.96. The van der Waals surface area contributed by atoms with Crippen LogP contribution in [-0.2, 0) is 7.05 Å². The Balaban J connectivity index is 2.01. The average molecular weight is 332 g/mol. The number of benzene rings is 3. The lowest BCUT2D eigenvalue weighted by molar-refractivity contribution is 0.0904. The Hall–Kier alpha value is -3.18. The molecule has 0 atom stereocenters. The first-order chi connectivity index (χ1) is 12.1. The van der Waals surface area contributed by atoms with E-state index in [0.29, 0.717) is 22.5 Å². The van der Waals surface area contributed by atoms with Crippen LogP contribution in [0.4, 0.5) is 0 Å². The van der Waals surface area contributed by atoms with Crippen LogP contribution in [0.1, 0.15) is 10.4 Å². The molecule has 0 aliphatic heterocycles. The molecule has 0 spiro atoms. The summed E-state index contributed by atoms with van der Waals surface area (Å²) in [6, 6.07) is 16.5. The number of aryl methyl sites for hydroxylation is 1. The molecule has 1 heterocycles. The molecular weight excluding hydrogens is 316 g/mol. The predicted octanol–water partition coefficient (Wildman–Crippen LogP) is 3.27. The number of aromatic hydroxyl groups is 1. The van der Waals surface area contributed by atoms with Gasteiger partial charge in [-0.2, -0.15) is 0 Å². The number of carbonyl (C=O) groups excluding carboxylic acids is 1. The number of nitrogens with zero attached hydrogens (tertiary/aromatic N) is 2. The fourth-order valence-electron chi connectivity index (χ4n) is 3.18. The van der Waals surface area contributed by atoms with Crippen molar-refractivity contribution in [1.82, 2.24) is 9.55 Å². The van der Waals surface area contributed by atoms with Gasteiger partial charge in [-0.25, -0.2) is 4.98 Å². The van der Waals surface area contributed by atoms with Gasteiger partial charge < -0.3 is 14.8 Å². The topological polar surface area (TPSA) is 75.3 Å². The maximum atomic E-state index is 11.7. The quantitative estimate of drug-likeness (QED) is 0.565. The fraction of sp³-hybridized carbons (Fsp3) is 0.100. The molecule has 1 aromatic heterocycles. The Bertz CT molecular complexity index is 1130. The molecule has 0 aliphatic rings. The number of Topliss-reactive ketones (excluding diaryl/α,β-unsaturated/α-hetero) is 1. The third-order valence-electron chi connectivity index (χ3n) is 4.48. The smallest absolute Gasteiger partial charge is 0.188 e. The number of aliphatic hydroxyl groups excluding tert-OH is 1. The Morgan fingerprint density at radius 2 is 1.92 bits per heavy atom. The Labute approximate surface area is 143 Å². The van der Waals surface area contributed by atoms with E-state index in [2.05, 4.69) is 4.98 Å². The first kappa shape index (κ1) is 15.4. The Kier molecular flexibility index (Phi) is 3.51. The van der Waals surface area contributed by atoms with Crippen molar-refractivity contribution in [2.45, 2.75) is 0 Å². The van der Waals surface area contributed by atoms with Crippen LogP contribution in [0, 0.1) is 0 Å². The van der Waals surface area contributed by atoms with Crippen molar-refractivity contribution in [1.29, 1.82) is 0 Å². The number of phenolic OH excluding ortho intramolecular Hbond substituents is 1. The Morgan fingerprint density at radius 1 is 1.12 bits per heavy atom. The van der Waals surface area contributed by atoms with Crippen molar-refractivity contribution < 1.29 is 15.0 Å². The van der Waals surface area contributed by atoms with E-state index in [9.17, 15) is 9.90 Å². The van der Waals surface area contributed by atoms with Crippen molar-refractivity contribution in [3.05, 3.63) is 60.2 Å². The maximum Gasteiger partial charge on any atom is 0.188 e. The molecule has 25 heavy (non-hydrogen) atoms. The van der Waals surface area contributed by atoms with Crippen LogP contribution in [-0.4, -0.2) is 32.2 Å². The van der Waals surface area contributed by atoms with Gasteiger partial charge in [0.15, 0.2) is 5.78 Å². The SMILES string of the molecule is Cn1c(-c2c(O)ccc3ccccc23)nc2cc(C(=O)CO)ccc21. The zero-order valence-electron chi connectivity index (χ0n) is 13.6. The number of ketones is 1. The molecule has 4 aromatic rings. The van der Waals surface area contributed by atoms with Gasteiger partial charge in [-0.15, -0.1) is 0 Å². The van der Waals surface area contributed by atoms with Crippen LogP contribution < -0.4 is 0 Å². The van der Waals surface area contributed by atoms with Gasteiger partial charge in [0, 0.05) is 12.6 Å². The lowest BCUT2D eigenvalue weighted by atomic mass is 10.0. The molecule has 5 nitrogen and oxygen atoms in total. The number of imidazole rings is 1. The first-order valence-corrected chi connectivity index (χ1v) is 7.92. The highest BCUT2D eigenvalue weighted by Crippen LogP contribution is 2.37. The summed E-state index contributed by atoms with van der Waals surface area (Å²) >= 11 is 0. The van der Waals surface area contributed by atoms with Crippen LogP contribution in [0.2, 0.25) is 0 Å². The molecule has 0 bridgehead atoms. The summed E-state index contributed by atoms with van der Waals surface area (Å²) in [5.74, 6) is 0.434. The van der Waals surface area contributed by atoms with Crippen molar-refractivity contribution in [2.24, 2.45) is 7.05 Å². The highest BCUT2D eigenvalue weighted by molar-refractivity contribution is 6.02. The van der Waals surface area contributed by atoms with Gasteiger partial charge >= 0.3 is 0 Å². The molecule has 0 amide bonds. The van der Waals surface area contributed by atoms with Gasteiger partial charge in [-0.3, -0.25) is 4.79 Å². The Morgan fingerprint density at radius 3 is 2.72 bits per heavy atom. The van der Waals surface area contributed by atoms with Gasteiger partial charge in [0.2, 0.25) is 0 Å². The van der Waals surface area contributed by atoms with Crippen LogP contribution in [0.5, 0.6) is 5.75 Å². The third-order valence-corrected chi connectivity index (χ3v) is 4.48. The van der Waals surface area contributed by atoms with E-state index in [1.54, 1.807) is 24.3 Å². The molecule has 4 rings (SSSR count). The number of phenols is 1. The molecule has 124 valence electrons. The molecule has 0 saturated heterocycles. The molecule has 0 unspecified atom stereocenters. The van der Waals surface area contributed by atoms with Crippen molar-refractivity contribution in [2.75, 3.05) is 6.61 Å². The van der Waals surface area contributed by atoms with E-state index in [4.69, 9.17) is 5.11 Å². The molecule has 2 N–H and O–H groups in total. The minimum atomic E-state index is -0.532. The van der Waals surface area contributed by atoms with Crippen molar-refractivity contribution in [3.8, 4) is 17.1 Å². The fourth-order valence-corrected chi connectivity index (χ4v) is 3.18. The summed E-state index contributed by atoms with van der Waals surface area (Å²) < 4.78 is 1.89. The van der Waals surface area contributed by atoms with E-state index in [1.807, 2.05) is 41.9 Å². The monoisotopic (exact) mass is 332 g/mol. The van der Waals surface area contributed by atoms with E-state index in [0.717, 1.165) is 16.3 Å². The molecule has 0 fully saturated rings. The molecule has 3 aromatic carbocycles. The van der Waals surface area contributed by atoms with Crippen LogP contribution in [0.3, 0.4) is 0 Å². The summed E-state index contributed by atoms with van der Waals surface area (Å²) in [5, 5.41) is 21.4. The summed E-state index contributed by atoms with van der Waals surface area (Å²) in [6.07, 6.45) is 0. The normalized spacial score (nSPS) is 11.3. The summed E-state index contributed by atoms with van der Waals surface area (Å²) in [4.78, 5) is 16.4. The lowest BCUT2D eigenvalue weighted by Crippen LogP contribution is -2.03. The van der Waals surface area contributed by atoms with E-state index in [-0.39, 0.29) is 11.5 Å². The number of hydrogen-bond donors (Lipinski definition) is 2. The van der Waals surface area contributed by atoms with Gasteiger partial charge in [0.1, 0.15) is 18.2 Å². The van der Waals surface area contributed by atoms with E-state index < -0.39 is 6.61 Å². The molecule has 0 saturated carbocycles. The number of aliphatic hydroxyl groups is 1. The second-order valence-electron chi connectivity index (χ2n) is 5.96. The number of hydrogen-bond acceptors (Lipinski definition) is 4. The second kappa shape index (κ2) is 5.72. The van der Waals surface area contributed by atoms with Crippen LogP contribution in [0.15, 0.2) is 54.6 Å². The summed E-state index contributed by atoms with van der Waals surface area (Å²) in [7, 11) is 1.87. The summed E-state index contributed by atoms with van der Waals surface area (Å²) in [6.45, 7) is -0.532. The zero-order valence-corrected chi connectivity index (χ0v) is 13.6. The molecule has 0 radical (unpaired) electrons. The van der Waals surface area contributed by atoms with Crippen molar-refractivity contribution >= 4 is 27.6 Å². The number of aromatic nitrogens is 2. The highest BCUT2D eigenvalue weighted by atomic mass is 16.3. The van der Waals surface area contributed by atoms with Gasteiger partial charge in [-0.1, -0.05) is 30.3 Å². The third kappa shape index (κ3) is 2.37. The largest absolute Gasteiger partial charge is 0.507 e. The lowest BCUT2D eigenvalue weighted by Gasteiger charge is -2.09. The van der Waals surface area contributed by atoms with E-state index >= 15 is 0 Å². The maximum absolute atomic E-state index is 11.7. The molecule has 0 aliphatic carbocycles. The van der Waals surface area contributed by atoms with Crippen LogP contribution >= 0.6 is 0 Å². The minimum absolute atomic E-state index is 0.156. The number of carbonyl (C=O) groups is 1. The zero-order chi connectivity index (χ0) is 17.6. The number of rotatable bonds is 3. The van der Waals surface area contributed by atoms with Crippen LogP contribution in [0.25, 0.3) is 33.2 Å². The highest BCUT2D eigenvalue weighted by Gasteiger charge is 2.17. The van der Waals surface area contributed by atoms with Gasteiger partial charge in [0.05, 0.1) is 16.6 Å². The second-order valence-corrected chi connectivity index (χ2v) is 5.96. The van der Waals surface area contributed by atoms with Crippen molar-refractivity contribution in [3.63, 3.8) is 0 Å². The molecule has 5 heteroatoms. The number of fused-ring (bicyclic) bond motifs is 2. The summed E-state index contributed by atoms with van der Waals surface area (Å²) in [5.41, 5.74) is 2.56. The predicted molar refractivity (Wildman–Crippen MR) is 96.7 cm³/mol. The van der Waals surface area contributed by atoms with Gasteiger partial charge in [-0.05, 0) is 35.0 Å². The molecular formula is C20H16N2O3. The van der Waals surface area contributed by atoms with E-state index in [1.165, 1.54) is 0 Å². The first-order valence-electron chi connectivity index (χ1n) is 7.92. The minimum Gasteiger partial charge on any atom is -0.507 e.